The minimum Gasteiger partial charge on any atom is -0.331 e. The number of carbonyl (C=O) groups excluding carboxylic acids is 2. The number of hydrogen-bond donors (Lipinski definition) is 1. The minimum atomic E-state index is -0.222. The molecule has 0 spiro atoms. The van der Waals surface area contributed by atoms with Gasteiger partial charge < -0.3 is 4.90 Å². The van der Waals surface area contributed by atoms with Crippen LogP contribution in [0.2, 0.25) is 0 Å². The van der Waals surface area contributed by atoms with Gasteiger partial charge in [-0.15, -0.1) is 10.2 Å². The van der Waals surface area contributed by atoms with Gasteiger partial charge >= 0.3 is 0 Å². The maximum absolute atomic E-state index is 12.6. The average Bonchev–Trinajstić information content (AvgIpc) is 3.29. The highest BCUT2D eigenvalue weighted by Crippen LogP contribution is 2.25. The third-order valence-electron chi connectivity index (χ3n) is 5.77. The number of carbonyl (C=O) groups is 2. The molecule has 7 nitrogen and oxygen atoms in total. The maximum Gasteiger partial charge on any atom is 0.261 e. The number of imide groups is 1. The number of hydrogen-bond acceptors (Lipinski definition) is 5. The molecule has 0 saturated carbocycles. The quantitative estimate of drug-likeness (QED) is 0.400. The van der Waals surface area contributed by atoms with Gasteiger partial charge in [0.2, 0.25) is 0 Å². The van der Waals surface area contributed by atoms with E-state index in [2.05, 4.69) is 47.9 Å². The van der Waals surface area contributed by atoms with Gasteiger partial charge in [0.25, 0.3) is 11.8 Å². The second kappa shape index (κ2) is 9.67. The predicted molar refractivity (Wildman–Crippen MR) is 124 cm³/mol. The van der Waals surface area contributed by atoms with Crippen LogP contribution in [0.5, 0.6) is 0 Å². The SMILES string of the molecule is CC[C@@H](c1nnc(SCCN2C(=O)c3ccccc3C2=O)n1Cc1ccccc1)[NH+](C)C. The van der Waals surface area contributed by atoms with E-state index in [4.69, 9.17) is 0 Å². The van der Waals surface area contributed by atoms with Crippen molar-refractivity contribution in [1.82, 2.24) is 19.7 Å². The van der Waals surface area contributed by atoms with E-state index in [-0.39, 0.29) is 17.9 Å². The summed E-state index contributed by atoms with van der Waals surface area (Å²) in [7, 11) is 4.26. The number of aromatic nitrogens is 3. The molecule has 0 fully saturated rings. The van der Waals surface area contributed by atoms with E-state index in [0.29, 0.717) is 30.0 Å². The molecular weight excluding hydrogens is 422 g/mol. The first kappa shape index (κ1) is 22.2. The van der Waals surface area contributed by atoms with Crippen LogP contribution in [0.3, 0.4) is 0 Å². The molecule has 0 radical (unpaired) electrons. The number of fused-ring (bicyclic) bond motifs is 1. The standard InChI is InChI=1S/C24H27N5O2S/c1-4-20(27(2)3)21-25-26-24(29(21)16-17-10-6-5-7-11-17)32-15-14-28-22(30)18-12-8-9-13-19(18)23(28)31/h5-13,20H,4,14-16H2,1-3H3/p+1/t20-/m0/s1. The van der Waals surface area contributed by atoms with Crippen molar-refractivity contribution in [2.45, 2.75) is 31.1 Å². The van der Waals surface area contributed by atoms with Crippen LogP contribution in [0.1, 0.15) is 51.5 Å². The van der Waals surface area contributed by atoms with Crippen molar-refractivity contribution in [2.75, 3.05) is 26.4 Å². The number of benzene rings is 2. The van der Waals surface area contributed by atoms with Crippen molar-refractivity contribution >= 4 is 23.6 Å². The molecule has 166 valence electrons. The van der Waals surface area contributed by atoms with Crippen LogP contribution in [0.25, 0.3) is 0 Å². The number of thioether (sulfide) groups is 1. The topological polar surface area (TPSA) is 72.5 Å². The van der Waals surface area contributed by atoms with Crippen molar-refractivity contribution in [3.05, 3.63) is 77.1 Å². The highest BCUT2D eigenvalue weighted by Gasteiger charge is 2.34. The zero-order chi connectivity index (χ0) is 22.7. The lowest BCUT2D eigenvalue weighted by atomic mass is 10.1. The van der Waals surface area contributed by atoms with Gasteiger partial charge in [0.1, 0.15) is 6.04 Å². The highest BCUT2D eigenvalue weighted by atomic mass is 32.2. The fraction of sp³-hybridized carbons (Fsp3) is 0.333. The average molecular weight is 451 g/mol. The van der Waals surface area contributed by atoms with Gasteiger partial charge in [-0.1, -0.05) is 61.2 Å². The Kier molecular flexibility index (Phi) is 6.72. The van der Waals surface area contributed by atoms with Gasteiger partial charge in [-0.3, -0.25) is 19.1 Å². The summed E-state index contributed by atoms with van der Waals surface area (Å²) in [6.07, 6.45) is 0.953. The van der Waals surface area contributed by atoms with E-state index in [0.717, 1.165) is 17.4 Å². The summed E-state index contributed by atoms with van der Waals surface area (Å²) in [5.41, 5.74) is 2.15. The van der Waals surface area contributed by atoms with Gasteiger partial charge in [-0.05, 0) is 17.7 Å². The molecule has 0 bridgehead atoms. The molecule has 3 aromatic rings. The van der Waals surface area contributed by atoms with Crippen molar-refractivity contribution in [2.24, 2.45) is 0 Å². The largest absolute Gasteiger partial charge is 0.331 e. The zero-order valence-corrected chi connectivity index (χ0v) is 19.4. The zero-order valence-electron chi connectivity index (χ0n) is 18.6. The van der Waals surface area contributed by atoms with E-state index < -0.39 is 0 Å². The van der Waals surface area contributed by atoms with Crippen LogP contribution in [-0.4, -0.2) is 57.9 Å². The summed E-state index contributed by atoms with van der Waals surface area (Å²) in [5, 5.41) is 9.83. The summed E-state index contributed by atoms with van der Waals surface area (Å²) in [6, 6.07) is 17.5. The maximum atomic E-state index is 12.6. The summed E-state index contributed by atoms with van der Waals surface area (Å²) >= 11 is 1.53. The van der Waals surface area contributed by atoms with E-state index >= 15 is 0 Å². The Morgan fingerprint density at radius 2 is 1.56 bits per heavy atom. The second-order valence-corrected chi connectivity index (χ2v) is 9.17. The second-order valence-electron chi connectivity index (χ2n) is 8.11. The summed E-state index contributed by atoms with van der Waals surface area (Å²) in [6.45, 7) is 3.18. The summed E-state index contributed by atoms with van der Waals surface area (Å²) in [4.78, 5) is 27.9. The molecule has 1 aliphatic heterocycles. The highest BCUT2D eigenvalue weighted by molar-refractivity contribution is 7.99. The lowest BCUT2D eigenvalue weighted by Crippen LogP contribution is -3.06. The first-order chi connectivity index (χ1) is 15.5. The molecule has 2 amide bonds. The van der Waals surface area contributed by atoms with Crippen molar-refractivity contribution in [3.8, 4) is 0 Å². The number of nitrogens with zero attached hydrogens (tertiary/aromatic N) is 4. The molecule has 1 aliphatic rings. The van der Waals surface area contributed by atoms with Crippen LogP contribution in [-0.2, 0) is 6.54 Å². The van der Waals surface area contributed by atoms with Crippen molar-refractivity contribution in [3.63, 3.8) is 0 Å². The normalized spacial score (nSPS) is 14.3. The van der Waals surface area contributed by atoms with Gasteiger partial charge in [-0.25, -0.2) is 0 Å². The van der Waals surface area contributed by atoms with Gasteiger partial charge in [-0.2, -0.15) is 0 Å². The number of quaternary nitrogens is 1. The van der Waals surface area contributed by atoms with E-state index in [1.807, 2.05) is 18.2 Å². The Morgan fingerprint density at radius 3 is 2.16 bits per heavy atom. The smallest absolute Gasteiger partial charge is 0.261 e. The summed E-state index contributed by atoms with van der Waals surface area (Å²) < 4.78 is 2.17. The van der Waals surface area contributed by atoms with E-state index in [9.17, 15) is 9.59 Å². The molecule has 2 heterocycles. The van der Waals surface area contributed by atoms with Crippen molar-refractivity contribution < 1.29 is 14.5 Å². The first-order valence-electron chi connectivity index (χ1n) is 10.9. The molecule has 1 aromatic heterocycles. The van der Waals surface area contributed by atoms with Gasteiger partial charge in [0, 0.05) is 18.7 Å². The van der Waals surface area contributed by atoms with Gasteiger partial charge in [0.15, 0.2) is 11.0 Å². The fourth-order valence-electron chi connectivity index (χ4n) is 4.10. The third kappa shape index (κ3) is 4.33. The van der Waals surface area contributed by atoms with Crippen molar-refractivity contribution in [1.29, 1.82) is 0 Å². The Balaban J connectivity index is 1.52. The van der Waals surface area contributed by atoms with Crippen LogP contribution < -0.4 is 4.90 Å². The predicted octanol–water partition coefficient (Wildman–Crippen LogP) is 2.31. The molecular formula is C24H28N5O2S+. The molecule has 4 rings (SSSR count). The van der Waals surface area contributed by atoms with Crippen LogP contribution >= 0.6 is 11.8 Å². The molecule has 0 saturated heterocycles. The lowest BCUT2D eigenvalue weighted by Gasteiger charge is -2.20. The number of nitrogens with one attached hydrogen (secondary N) is 1. The lowest BCUT2D eigenvalue weighted by molar-refractivity contribution is -0.893. The van der Waals surface area contributed by atoms with Crippen LogP contribution in [0.15, 0.2) is 59.8 Å². The molecule has 2 aromatic carbocycles. The molecule has 8 heteroatoms. The van der Waals surface area contributed by atoms with Crippen LogP contribution in [0.4, 0.5) is 0 Å². The monoisotopic (exact) mass is 450 g/mol. The van der Waals surface area contributed by atoms with Gasteiger partial charge in [0.05, 0.1) is 31.8 Å². The molecule has 1 atom stereocenters. The molecule has 32 heavy (non-hydrogen) atoms. The Labute approximate surface area is 192 Å². The van der Waals surface area contributed by atoms with E-state index in [1.54, 1.807) is 24.3 Å². The molecule has 0 unspecified atom stereocenters. The Bertz CT molecular complexity index is 1080. The first-order valence-corrected chi connectivity index (χ1v) is 11.8. The minimum absolute atomic E-state index is 0.222. The Hall–Kier alpha value is -2.97. The summed E-state index contributed by atoms with van der Waals surface area (Å²) in [5.74, 6) is 1.07. The fourth-order valence-corrected chi connectivity index (χ4v) is 4.97. The molecule has 1 N–H and O–H groups in total. The van der Waals surface area contributed by atoms with Crippen LogP contribution in [0, 0.1) is 0 Å². The Morgan fingerprint density at radius 1 is 0.938 bits per heavy atom. The third-order valence-corrected chi connectivity index (χ3v) is 6.72. The molecule has 0 aliphatic carbocycles. The number of rotatable bonds is 9. The number of amides is 2. The van der Waals surface area contributed by atoms with E-state index in [1.165, 1.54) is 27.1 Å².